The van der Waals surface area contributed by atoms with Crippen molar-refractivity contribution in [2.24, 2.45) is 22.6 Å². The molecule has 0 amide bonds. The van der Waals surface area contributed by atoms with Gasteiger partial charge in [0.25, 0.3) is 0 Å². The minimum absolute atomic E-state index is 0.0729. The zero-order chi connectivity index (χ0) is 6.12. The Morgan fingerprint density at radius 1 is 1.57 bits per heavy atom. The molecule has 0 aliphatic rings. The molecule has 0 atom stereocenters. The van der Waals surface area contributed by atoms with Crippen LogP contribution in [0, 0.1) is 0 Å². The molecule has 0 aliphatic heterocycles. The van der Waals surface area contributed by atoms with E-state index in [1.54, 1.807) is 0 Å². The molecule has 0 bridgehead atoms. The van der Waals surface area contributed by atoms with Crippen LogP contribution in [-0.2, 0) is 0 Å². The third-order valence-corrected chi connectivity index (χ3v) is 0.187. The van der Waals surface area contributed by atoms with E-state index in [9.17, 15) is 0 Å². The van der Waals surface area contributed by atoms with Crippen molar-refractivity contribution < 1.29 is 5.11 Å². The number of hydrogen-bond donors (Lipinski definition) is 4. The van der Waals surface area contributed by atoms with Crippen LogP contribution in [0.5, 0.6) is 0 Å². The van der Waals surface area contributed by atoms with E-state index in [-0.39, 0.29) is 6.61 Å². The maximum Gasteiger partial charge on any atom is 0.0801 e. The monoisotopic (exact) mass is 106 g/mol. The third-order valence-electron chi connectivity index (χ3n) is 0.187. The first-order chi connectivity index (χ1) is 3.41. The highest BCUT2D eigenvalue weighted by atomic mass is 16.3. The Kier molecular flexibility index (Phi) is 25.2. The number of aliphatic hydroxyl groups excluding tert-OH is 1. The Labute approximate surface area is 41.8 Å². The van der Waals surface area contributed by atoms with Crippen molar-refractivity contribution in [1.82, 2.24) is 0 Å². The van der Waals surface area contributed by atoms with Crippen LogP contribution in [0.4, 0.5) is 0 Å². The molecule has 0 heterocycles. The Morgan fingerprint density at radius 3 is 2.00 bits per heavy atom. The fourth-order valence-electron chi connectivity index (χ4n) is 0.0471. The normalized spacial score (nSPS) is 7.86. The summed E-state index contributed by atoms with van der Waals surface area (Å²) in [5.41, 5.74) is 0. The minimum atomic E-state index is -0.0729. The number of nitrogens with two attached hydrogens (primary N) is 3. The first kappa shape index (κ1) is 9.61. The summed E-state index contributed by atoms with van der Waals surface area (Å²) in [5, 5.41) is 10.8. The highest BCUT2D eigenvalue weighted by Gasteiger charge is 1.54. The fourth-order valence-corrected chi connectivity index (χ4v) is 0.0471. The molecule has 44 valence electrons. The molecule has 7 N–H and O–H groups in total. The largest absolute Gasteiger partial charge is 0.391 e. The molecule has 0 aromatic rings. The Balaban J connectivity index is 0. The SMILES string of the molecule is NN.NN=CCO. The van der Waals surface area contributed by atoms with Crippen LogP contribution in [0.1, 0.15) is 0 Å². The Bertz CT molecular complexity index is 36.7. The van der Waals surface area contributed by atoms with E-state index in [0.717, 1.165) is 0 Å². The maximum absolute atomic E-state index is 7.84. The molecule has 0 aromatic heterocycles. The van der Waals surface area contributed by atoms with Crippen molar-refractivity contribution in [3.8, 4) is 0 Å². The molecule has 0 aromatic carbocycles. The third kappa shape index (κ3) is 32.9. The van der Waals surface area contributed by atoms with E-state index in [1.807, 2.05) is 0 Å². The van der Waals surface area contributed by atoms with Gasteiger partial charge in [0.15, 0.2) is 0 Å². The van der Waals surface area contributed by atoms with Gasteiger partial charge in [-0.1, -0.05) is 0 Å². The van der Waals surface area contributed by atoms with Crippen LogP contribution in [0.3, 0.4) is 0 Å². The summed E-state index contributed by atoms with van der Waals surface area (Å²) in [6.07, 6.45) is 1.21. The van der Waals surface area contributed by atoms with Crippen molar-refractivity contribution in [3.63, 3.8) is 0 Å². The van der Waals surface area contributed by atoms with Gasteiger partial charge in [-0.05, 0) is 0 Å². The van der Waals surface area contributed by atoms with Crippen molar-refractivity contribution in [2.45, 2.75) is 0 Å². The summed E-state index contributed by atoms with van der Waals surface area (Å²) in [6, 6.07) is 0. The van der Waals surface area contributed by atoms with Crippen LogP contribution in [0.25, 0.3) is 0 Å². The first-order valence-corrected chi connectivity index (χ1v) is 1.57. The predicted octanol–water partition coefficient (Wildman–Crippen LogP) is -2.26. The average Bonchev–Trinajstić information content (AvgIpc) is 1.75. The van der Waals surface area contributed by atoms with Gasteiger partial charge in [-0.3, -0.25) is 11.7 Å². The number of rotatable bonds is 1. The second-order valence-electron chi connectivity index (χ2n) is 0.514. The minimum Gasteiger partial charge on any atom is -0.391 e. The Hall–Kier alpha value is -0.650. The second kappa shape index (κ2) is 18.3. The summed E-state index contributed by atoms with van der Waals surface area (Å²) < 4.78 is 0. The lowest BCUT2D eigenvalue weighted by Gasteiger charge is -1.67. The molecular weight excluding hydrogens is 96.0 g/mol. The van der Waals surface area contributed by atoms with Crippen molar-refractivity contribution in [1.29, 1.82) is 0 Å². The van der Waals surface area contributed by atoms with E-state index in [0.29, 0.717) is 0 Å². The summed E-state index contributed by atoms with van der Waals surface area (Å²) in [7, 11) is 0. The van der Waals surface area contributed by atoms with Crippen molar-refractivity contribution in [3.05, 3.63) is 0 Å². The smallest absolute Gasteiger partial charge is 0.0801 e. The molecule has 5 nitrogen and oxygen atoms in total. The van der Waals surface area contributed by atoms with E-state index in [1.165, 1.54) is 6.21 Å². The summed E-state index contributed by atoms with van der Waals surface area (Å²) in [4.78, 5) is 0. The molecule has 0 radical (unpaired) electrons. The quantitative estimate of drug-likeness (QED) is 0.172. The van der Waals surface area contributed by atoms with Crippen LogP contribution < -0.4 is 17.5 Å². The standard InChI is InChI=1S/C2H6N2O.H4N2/c3-4-1-2-5;1-2/h1,5H,2-3H2;1-2H2. The number of hydrogen-bond acceptors (Lipinski definition) is 5. The van der Waals surface area contributed by atoms with Gasteiger partial charge in [-0.15, -0.1) is 0 Å². The molecule has 5 heteroatoms. The topological polar surface area (TPSA) is 111 Å². The number of aliphatic hydroxyl groups is 1. The number of hydrazone groups is 1. The zero-order valence-electron chi connectivity index (χ0n) is 3.91. The predicted molar refractivity (Wildman–Crippen MR) is 28.1 cm³/mol. The molecule has 7 heavy (non-hydrogen) atoms. The zero-order valence-corrected chi connectivity index (χ0v) is 3.91. The summed E-state index contributed by atoms with van der Waals surface area (Å²) >= 11 is 0. The van der Waals surface area contributed by atoms with Gasteiger partial charge in [0.05, 0.1) is 6.61 Å². The van der Waals surface area contributed by atoms with Gasteiger partial charge in [-0.2, -0.15) is 5.10 Å². The van der Waals surface area contributed by atoms with Gasteiger partial charge in [0.2, 0.25) is 0 Å². The highest BCUT2D eigenvalue weighted by molar-refractivity contribution is 5.57. The molecule has 0 aliphatic carbocycles. The van der Waals surface area contributed by atoms with E-state index >= 15 is 0 Å². The summed E-state index contributed by atoms with van der Waals surface area (Å²) in [6.45, 7) is -0.0729. The highest BCUT2D eigenvalue weighted by Crippen LogP contribution is 1.38. The summed E-state index contributed by atoms with van der Waals surface area (Å²) in [5.74, 6) is 12.5. The molecular formula is C2H10N4O. The lowest BCUT2D eigenvalue weighted by atomic mass is 10.8. The van der Waals surface area contributed by atoms with Crippen LogP contribution in [0.2, 0.25) is 0 Å². The fraction of sp³-hybridized carbons (Fsp3) is 0.500. The molecule has 0 rings (SSSR count). The Morgan fingerprint density at radius 2 is 2.00 bits per heavy atom. The van der Waals surface area contributed by atoms with Crippen LogP contribution in [0.15, 0.2) is 5.10 Å². The molecule has 0 fully saturated rings. The molecule has 0 saturated carbocycles. The lowest BCUT2D eigenvalue weighted by Crippen LogP contribution is -2.02. The molecule has 0 spiro atoms. The van der Waals surface area contributed by atoms with Crippen molar-refractivity contribution >= 4 is 6.21 Å². The first-order valence-electron chi connectivity index (χ1n) is 1.57. The molecule has 0 saturated heterocycles. The lowest BCUT2D eigenvalue weighted by molar-refractivity contribution is 0.361. The van der Waals surface area contributed by atoms with Crippen LogP contribution >= 0.6 is 0 Å². The van der Waals surface area contributed by atoms with E-state index < -0.39 is 0 Å². The van der Waals surface area contributed by atoms with E-state index in [4.69, 9.17) is 5.11 Å². The van der Waals surface area contributed by atoms with Gasteiger partial charge in [-0.25, -0.2) is 0 Å². The van der Waals surface area contributed by atoms with E-state index in [2.05, 4.69) is 22.6 Å². The number of hydrazine groups is 1. The van der Waals surface area contributed by atoms with Gasteiger partial charge >= 0.3 is 0 Å². The second-order valence-corrected chi connectivity index (χ2v) is 0.514. The van der Waals surface area contributed by atoms with Crippen molar-refractivity contribution in [2.75, 3.05) is 6.61 Å². The molecule has 0 unspecified atom stereocenters. The van der Waals surface area contributed by atoms with Gasteiger partial charge in [0, 0.05) is 6.21 Å². The van der Waals surface area contributed by atoms with Crippen LogP contribution in [-0.4, -0.2) is 17.9 Å². The van der Waals surface area contributed by atoms with Gasteiger partial charge in [0.1, 0.15) is 0 Å². The maximum atomic E-state index is 7.84. The van der Waals surface area contributed by atoms with Gasteiger partial charge < -0.3 is 10.9 Å². The number of nitrogens with zero attached hydrogens (tertiary/aromatic N) is 1. The average molecular weight is 106 g/mol.